The Bertz CT molecular complexity index is 1100. The zero-order valence-corrected chi connectivity index (χ0v) is 17.4. The Kier molecular flexibility index (Phi) is 5.35. The van der Waals surface area contributed by atoms with Crippen molar-refractivity contribution in [2.45, 2.75) is 32.8 Å². The van der Waals surface area contributed by atoms with Crippen molar-refractivity contribution in [2.24, 2.45) is 0 Å². The van der Waals surface area contributed by atoms with Gasteiger partial charge in [0.25, 0.3) is 0 Å². The molecule has 1 N–H and O–H groups in total. The zero-order valence-electron chi connectivity index (χ0n) is 17.4. The van der Waals surface area contributed by atoms with Crippen LogP contribution in [0.3, 0.4) is 0 Å². The number of aromatic nitrogens is 3. The molecule has 0 unspecified atom stereocenters. The van der Waals surface area contributed by atoms with Crippen molar-refractivity contribution in [3.63, 3.8) is 0 Å². The van der Waals surface area contributed by atoms with Crippen LogP contribution in [0, 0.1) is 0 Å². The number of hydrogen-bond donors (Lipinski definition) is 1. The van der Waals surface area contributed by atoms with E-state index in [1.54, 1.807) is 17.4 Å². The van der Waals surface area contributed by atoms with E-state index in [-0.39, 0.29) is 6.09 Å². The van der Waals surface area contributed by atoms with Crippen LogP contribution in [-0.2, 0) is 4.74 Å². The molecule has 7 heteroatoms. The molecule has 0 radical (unpaired) electrons. The first-order valence-electron chi connectivity index (χ1n) is 9.99. The maximum Gasteiger partial charge on any atom is 0.410 e. The van der Waals surface area contributed by atoms with Crippen molar-refractivity contribution in [3.05, 3.63) is 60.7 Å². The van der Waals surface area contributed by atoms with Crippen LogP contribution in [0.15, 0.2) is 55.0 Å². The number of pyridine rings is 1. The molecule has 1 amide bonds. The Morgan fingerprint density at radius 1 is 1.13 bits per heavy atom. The highest BCUT2D eigenvalue weighted by molar-refractivity contribution is 5.83. The van der Waals surface area contributed by atoms with Crippen molar-refractivity contribution in [1.29, 1.82) is 0 Å². The van der Waals surface area contributed by atoms with Gasteiger partial charge in [-0.2, -0.15) is 0 Å². The fourth-order valence-corrected chi connectivity index (χ4v) is 3.29. The van der Waals surface area contributed by atoms with Crippen LogP contribution < -0.4 is 5.32 Å². The zero-order chi connectivity index (χ0) is 21.1. The second kappa shape index (κ2) is 8.10. The fraction of sp³-hybridized carbons (Fsp3) is 0.304. The Balaban J connectivity index is 1.46. The molecule has 1 aliphatic heterocycles. The molecule has 0 spiro atoms. The predicted molar refractivity (Wildman–Crippen MR) is 117 cm³/mol. The highest BCUT2D eigenvalue weighted by atomic mass is 16.6. The van der Waals surface area contributed by atoms with Gasteiger partial charge >= 0.3 is 6.09 Å². The summed E-state index contributed by atoms with van der Waals surface area (Å²) in [6, 6.07) is 11.9. The SMILES string of the molecule is CC(C)(C)OC(=O)N1CC=C(c2cc(Nc3ccc4cccnc4c3)ncn2)CC1. The van der Waals surface area contributed by atoms with Gasteiger partial charge in [-0.15, -0.1) is 0 Å². The molecule has 0 bridgehead atoms. The normalized spacial score (nSPS) is 14.4. The number of anilines is 2. The number of amides is 1. The van der Waals surface area contributed by atoms with E-state index in [0.717, 1.165) is 34.3 Å². The van der Waals surface area contributed by atoms with E-state index in [9.17, 15) is 4.79 Å². The van der Waals surface area contributed by atoms with Gasteiger partial charge in [-0.1, -0.05) is 18.2 Å². The quantitative estimate of drug-likeness (QED) is 0.677. The molecule has 1 aromatic carbocycles. The molecule has 3 heterocycles. The maximum absolute atomic E-state index is 12.2. The number of ether oxygens (including phenoxy) is 1. The lowest BCUT2D eigenvalue weighted by molar-refractivity contribution is 0.0270. The van der Waals surface area contributed by atoms with Crippen LogP contribution >= 0.6 is 0 Å². The van der Waals surface area contributed by atoms with Gasteiger partial charge < -0.3 is 15.0 Å². The highest BCUT2D eigenvalue weighted by Crippen LogP contribution is 2.25. The molecule has 0 saturated heterocycles. The van der Waals surface area contributed by atoms with Crippen LogP contribution in [0.25, 0.3) is 16.5 Å². The van der Waals surface area contributed by atoms with Crippen molar-refractivity contribution in [3.8, 4) is 0 Å². The standard InChI is InChI=1S/C23H25N5O2/c1-23(2,3)30-22(29)28-11-8-17(9-12-28)20-14-21(26-15-25-20)27-18-7-6-16-5-4-10-24-19(16)13-18/h4-8,10,13-15H,9,11-12H2,1-3H3,(H,25,26,27). The lowest BCUT2D eigenvalue weighted by Crippen LogP contribution is -2.39. The summed E-state index contributed by atoms with van der Waals surface area (Å²) in [6.07, 6.45) is 5.80. The first-order chi connectivity index (χ1) is 14.4. The maximum atomic E-state index is 12.2. The van der Waals surface area contributed by atoms with E-state index in [2.05, 4.69) is 20.3 Å². The molecule has 3 aromatic rings. The summed E-state index contributed by atoms with van der Waals surface area (Å²) in [5, 5.41) is 4.42. The molecule has 0 fully saturated rings. The van der Waals surface area contributed by atoms with Crippen LogP contribution in [0.1, 0.15) is 32.9 Å². The third-order valence-electron chi connectivity index (χ3n) is 4.74. The number of carbonyl (C=O) groups is 1. The van der Waals surface area contributed by atoms with E-state index in [4.69, 9.17) is 4.74 Å². The number of carbonyl (C=O) groups excluding carboxylic acids is 1. The van der Waals surface area contributed by atoms with E-state index in [1.165, 1.54) is 0 Å². The number of fused-ring (bicyclic) bond motifs is 1. The lowest BCUT2D eigenvalue weighted by Gasteiger charge is -2.29. The van der Waals surface area contributed by atoms with Gasteiger partial charge in [-0.3, -0.25) is 4.98 Å². The minimum absolute atomic E-state index is 0.284. The van der Waals surface area contributed by atoms with E-state index in [0.29, 0.717) is 18.9 Å². The topological polar surface area (TPSA) is 80.2 Å². The van der Waals surface area contributed by atoms with Crippen LogP contribution in [0.5, 0.6) is 0 Å². The van der Waals surface area contributed by atoms with Gasteiger partial charge in [0.15, 0.2) is 0 Å². The molecule has 30 heavy (non-hydrogen) atoms. The van der Waals surface area contributed by atoms with Crippen molar-refractivity contribution in [2.75, 3.05) is 18.4 Å². The first kappa shape index (κ1) is 19.8. The summed E-state index contributed by atoms with van der Waals surface area (Å²) < 4.78 is 5.45. The molecular formula is C23H25N5O2. The van der Waals surface area contributed by atoms with E-state index >= 15 is 0 Å². The Morgan fingerprint density at radius 2 is 2.00 bits per heavy atom. The fourth-order valence-electron chi connectivity index (χ4n) is 3.29. The second-order valence-corrected chi connectivity index (χ2v) is 8.23. The molecule has 154 valence electrons. The minimum atomic E-state index is -0.493. The average Bonchev–Trinajstić information content (AvgIpc) is 2.73. The smallest absolute Gasteiger partial charge is 0.410 e. The molecular weight excluding hydrogens is 378 g/mol. The molecule has 2 aromatic heterocycles. The van der Waals surface area contributed by atoms with Crippen molar-refractivity contribution in [1.82, 2.24) is 19.9 Å². The monoisotopic (exact) mass is 403 g/mol. The molecule has 0 aliphatic carbocycles. The molecule has 0 atom stereocenters. The first-order valence-corrected chi connectivity index (χ1v) is 9.99. The third-order valence-corrected chi connectivity index (χ3v) is 4.74. The second-order valence-electron chi connectivity index (χ2n) is 8.23. The van der Waals surface area contributed by atoms with Gasteiger partial charge in [0.2, 0.25) is 0 Å². The van der Waals surface area contributed by atoms with Gasteiger partial charge in [-0.05, 0) is 51.0 Å². The Labute approximate surface area is 175 Å². The number of nitrogens with one attached hydrogen (secondary N) is 1. The molecule has 7 nitrogen and oxygen atoms in total. The van der Waals surface area contributed by atoms with E-state index < -0.39 is 5.60 Å². The summed E-state index contributed by atoms with van der Waals surface area (Å²) in [6.45, 7) is 6.72. The van der Waals surface area contributed by atoms with Gasteiger partial charge in [0.05, 0.1) is 11.2 Å². The third kappa shape index (κ3) is 4.74. The Morgan fingerprint density at radius 3 is 2.77 bits per heavy atom. The highest BCUT2D eigenvalue weighted by Gasteiger charge is 2.24. The largest absolute Gasteiger partial charge is 0.444 e. The van der Waals surface area contributed by atoms with Crippen molar-refractivity contribution >= 4 is 34.1 Å². The van der Waals surface area contributed by atoms with Crippen LogP contribution in [0.4, 0.5) is 16.3 Å². The average molecular weight is 403 g/mol. The summed E-state index contributed by atoms with van der Waals surface area (Å²) in [5.74, 6) is 0.714. The summed E-state index contributed by atoms with van der Waals surface area (Å²) in [4.78, 5) is 27.1. The van der Waals surface area contributed by atoms with Crippen LogP contribution in [-0.4, -0.2) is 44.6 Å². The summed E-state index contributed by atoms with van der Waals surface area (Å²) in [7, 11) is 0. The van der Waals surface area contributed by atoms with Gasteiger partial charge in [-0.25, -0.2) is 14.8 Å². The lowest BCUT2D eigenvalue weighted by atomic mass is 10.0. The van der Waals surface area contributed by atoms with Gasteiger partial charge in [0.1, 0.15) is 17.7 Å². The van der Waals surface area contributed by atoms with Gasteiger partial charge in [0, 0.05) is 36.4 Å². The molecule has 4 rings (SSSR count). The summed E-state index contributed by atoms with van der Waals surface area (Å²) in [5.41, 5.74) is 3.30. The predicted octanol–water partition coefficient (Wildman–Crippen LogP) is 4.79. The molecule has 1 aliphatic rings. The Hall–Kier alpha value is -3.48. The minimum Gasteiger partial charge on any atom is -0.444 e. The number of rotatable bonds is 3. The molecule has 0 saturated carbocycles. The number of benzene rings is 1. The number of hydrogen-bond acceptors (Lipinski definition) is 6. The number of nitrogens with zero attached hydrogens (tertiary/aromatic N) is 4. The summed E-state index contributed by atoms with van der Waals surface area (Å²) >= 11 is 0. The van der Waals surface area contributed by atoms with E-state index in [1.807, 2.05) is 63.2 Å². The van der Waals surface area contributed by atoms with Crippen LogP contribution in [0.2, 0.25) is 0 Å². The van der Waals surface area contributed by atoms with Crippen molar-refractivity contribution < 1.29 is 9.53 Å².